The van der Waals surface area contributed by atoms with Crippen molar-refractivity contribution in [2.24, 2.45) is 0 Å². The van der Waals surface area contributed by atoms with Crippen LogP contribution in [-0.4, -0.2) is 18.0 Å². The minimum Gasteiger partial charge on any atom is -0.311 e. The first-order valence-electron chi connectivity index (χ1n) is 22.0. The van der Waals surface area contributed by atoms with Gasteiger partial charge < -0.3 is 14.4 Å². The maximum Gasteiger partial charge on any atom is 0.252 e. The standard InChI is InChI=1S/C57H41B2N3S/c1-36-30-37(2)56(38(3)31-36)59-45-25-13-17-29-54(45)63-55-35-51-46(34-47(55)59)58-44-24-12-16-28-50(44)60(39-18-6-4-7-19-39)52-32-41(33-53(57(52)58)61(51)40-20-8-5-9-21-40)62-48-26-14-10-22-42(48)43-23-11-15-27-49(43)62/h4-35H,1-3H3. The van der Waals surface area contributed by atoms with Crippen molar-refractivity contribution >= 4 is 114 Å². The van der Waals surface area contributed by atoms with Gasteiger partial charge in [-0.1, -0.05) is 172 Å². The molecule has 6 heteroatoms. The molecule has 1 aromatic heterocycles. The lowest BCUT2D eigenvalue weighted by atomic mass is 9.31. The average Bonchev–Trinajstić information content (AvgIpc) is 3.65. The number of nitrogens with zero attached hydrogens (tertiary/aromatic N) is 3. The zero-order valence-corrected chi connectivity index (χ0v) is 36.2. The van der Waals surface area contributed by atoms with Crippen molar-refractivity contribution in [3.05, 3.63) is 211 Å². The van der Waals surface area contributed by atoms with Crippen LogP contribution in [0.15, 0.2) is 204 Å². The first-order chi connectivity index (χ1) is 31.0. The van der Waals surface area contributed by atoms with Gasteiger partial charge in [0.1, 0.15) is 0 Å². The van der Waals surface area contributed by atoms with Crippen molar-refractivity contribution in [2.75, 3.05) is 9.80 Å². The average molecular weight is 822 g/mol. The molecule has 0 atom stereocenters. The van der Waals surface area contributed by atoms with Crippen molar-refractivity contribution in [1.29, 1.82) is 0 Å². The van der Waals surface area contributed by atoms with Gasteiger partial charge in [-0.05, 0) is 104 Å². The predicted molar refractivity (Wildman–Crippen MR) is 271 cm³/mol. The number of aryl methyl sites for hydroxylation is 3. The highest BCUT2D eigenvalue weighted by Gasteiger charge is 2.45. The van der Waals surface area contributed by atoms with E-state index >= 15 is 0 Å². The molecule has 296 valence electrons. The van der Waals surface area contributed by atoms with E-state index in [1.165, 1.54) is 104 Å². The molecule has 3 aliphatic rings. The molecule has 0 unspecified atom stereocenters. The van der Waals surface area contributed by atoms with Crippen molar-refractivity contribution < 1.29 is 0 Å². The highest BCUT2D eigenvalue weighted by molar-refractivity contribution is 8.00. The van der Waals surface area contributed by atoms with Crippen molar-refractivity contribution in [1.82, 2.24) is 4.57 Å². The van der Waals surface area contributed by atoms with E-state index in [1.807, 2.05) is 11.8 Å². The van der Waals surface area contributed by atoms with Gasteiger partial charge in [0.05, 0.1) is 16.7 Å². The van der Waals surface area contributed by atoms with Crippen LogP contribution in [-0.2, 0) is 0 Å². The monoisotopic (exact) mass is 821 g/mol. The van der Waals surface area contributed by atoms with Crippen LogP contribution < -0.4 is 42.6 Å². The van der Waals surface area contributed by atoms with Crippen LogP contribution in [0.25, 0.3) is 27.5 Å². The maximum absolute atomic E-state index is 2.61. The third-order valence-corrected chi connectivity index (χ3v) is 14.9. The smallest absolute Gasteiger partial charge is 0.252 e. The number of fused-ring (bicyclic) bond motifs is 9. The van der Waals surface area contributed by atoms with Crippen LogP contribution in [0.2, 0.25) is 0 Å². The first kappa shape index (κ1) is 36.5. The maximum atomic E-state index is 2.61. The summed E-state index contributed by atoms with van der Waals surface area (Å²) in [5.41, 5.74) is 22.8. The third-order valence-electron chi connectivity index (χ3n) is 13.7. The van der Waals surface area contributed by atoms with Gasteiger partial charge in [0, 0.05) is 54.7 Å². The molecule has 9 aromatic carbocycles. The Hall–Kier alpha value is -7.14. The molecule has 0 amide bonds. The summed E-state index contributed by atoms with van der Waals surface area (Å²) in [5, 5.41) is 2.51. The highest BCUT2D eigenvalue weighted by atomic mass is 32.2. The van der Waals surface area contributed by atoms with Crippen LogP contribution in [0.1, 0.15) is 16.7 Å². The zero-order chi connectivity index (χ0) is 41.9. The summed E-state index contributed by atoms with van der Waals surface area (Å²) in [7, 11) is 0. The molecule has 0 aliphatic carbocycles. The van der Waals surface area contributed by atoms with Crippen molar-refractivity contribution in [3.8, 4) is 5.69 Å². The van der Waals surface area contributed by atoms with Gasteiger partial charge in [-0.3, -0.25) is 0 Å². The molecule has 3 nitrogen and oxygen atoms in total. The molecule has 0 saturated heterocycles. The Labute approximate surface area is 373 Å². The summed E-state index contributed by atoms with van der Waals surface area (Å²) < 4.78 is 2.48. The third kappa shape index (κ3) is 5.38. The number of rotatable bonds is 4. The van der Waals surface area contributed by atoms with Gasteiger partial charge in [-0.15, -0.1) is 0 Å². The topological polar surface area (TPSA) is 11.4 Å². The molecule has 3 aliphatic heterocycles. The summed E-state index contributed by atoms with van der Waals surface area (Å²) >= 11 is 1.92. The summed E-state index contributed by atoms with van der Waals surface area (Å²) in [5.74, 6) is 0. The SMILES string of the molecule is Cc1cc(C)c(B2c3ccccc3Sc3cc4c(cc32)B2c3ccccc3N(c3ccccc3)c3cc(-n5c6ccccc6c6ccccc65)cc(c32)N4c2ccccc2)c(C)c1. The molecule has 0 radical (unpaired) electrons. The fraction of sp³-hybridized carbons (Fsp3) is 0.0526. The largest absolute Gasteiger partial charge is 0.311 e. The Morgan fingerprint density at radius 2 is 0.889 bits per heavy atom. The molecule has 0 N–H and O–H groups in total. The van der Waals surface area contributed by atoms with Gasteiger partial charge in [0.2, 0.25) is 6.71 Å². The van der Waals surface area contributed by atoms with E-state index in [0.29, 0.717) is 0 Å². The fourth-order valence-corrected chi connectivity index (χ4v) is 12.5. The molecule has 0 spiro atoms. The van der Waals surface area contributed by atoms with Crippen LogP contribution >= 0.6 is 11.8 Å². The Balaban J connectivity index is 1.16. The second kappa shape index (κ2) is 13.9. The predicted octanol–water partition coefficient (Wildman–Crippen LogP) is 10.8. The van der Waals surface area contributed by atoms with E-state index in [2.05, 4.69) is 229 Å². The molecule has 13 rings (SSSR count). The van der Waals surface area contributed by atoms with Crippen molar-refractivity contribution in [3.63, 3.8) is 0 Å². The lowest BCUT2D eigenvalue weighted by Crippen LogP contribution is -2.63. The molecular formula is C57H41B2N3S. The Kier molecular flexibility index (Phi) is 8.08. The lowest BCUT2D eigenvalue weighted by molar-refractivity contribution is 1.16. The summed E-state index contributed by atoms with van der Waals surface area (Å²) in [6.45, 7) is 6.93. The highest BCUT2D eigenvalue weighted by Crippen LogP contribution is 2.47. The van der Waals surface area contributed by atoms with E-state index in [1.54, 1.807) is 0 Å². The lowest BCUT2D eigenvalue weighted by Gasteiger charge is -2.45. The van der Waals surface area contributed by atoms with E-state index < -0.39 is 0 Å². The minimum atomic E-state index is -0.0124. The van der Waals surface area contributed by atoms with Crippen LogP contribution in [0, 0.1) is 20.8 Å². The van der Waals surface area contributed by atoms with Gasteiger partial charge in [-0.2, -0.15) is 0 Å². The van der Waals surface area contributed by atoms with Gasteiger partial charge >= 0.3 is 0 Å². The minimum absolute atomic E-state index is 0.0124. The second-order valence-corrected chi connectivity index (χ2v) is 18.5. The van der Waals surface area contributed by atoms with Crippen molar-refractivity contribution in [2.45, 2.75) is 30.6 Å². The Morgan fingerprint density at radius 3 is 1.54 bits per heavy atom. The normalized spacial score (nSPS) is 13.4. The number of aromatic nitrogens is 1. The quantitative estimate of drug-likeness (QED) is 0.164. The number of hydrogen-bond donors (Lipinski definition) is 0. The molecule has 0 fully saturated rings. The molecule has 0 saturated carbocycles. The van der Waals surface area contributed by atoms with Gasteiger partial charge in [-0.25, -0.2) is 0 Å². The van der Waals surface area contributed by atoms with Crippen LogP contribution in [0.5, 0.6) is 0 Å². The van der Waals surface area contributed by atoms with E-state index in [-0.39, 0.29) is 13.4 Å². The number of hydrogen-bond acceptors (Lipinski definition) is 3. The number of para-hydroxylation sites is 5. The summed E-state index contributed by atoms with van der Waals surface area (Å²) in [4.78, 5) is 7.73. The summed E-state index contributed by atoms with van der Waals surface area (Å²) in [6.07, 6.45) is 0. The zero-order valence-electron chi connectivity index (χ0n) is 35.4. The first-order valence-corrected chi connectivity index (χ1v) is 22.8. The van der Waals surface area contributed by atoms with Gasteiger partial charge in [0.25, 0.3) is 6.71 Å². The van der Waals surface area contributed by atoms with Gasteiger partial charge in [0.15, 0.2) is 0 Å². The summed E-state index contributed by atoms with van der Waals surface area (Å²) in [6, 6.07) is 72.8. The molecule has 63 heavy (non-hydrogen) atoms. The number of anilines is 6. The van der Waals surface area contributed by atoms with Crippen LogP contribution in [0.4, 0.5) is 34.1 Å². The molecule has 0 bridgehead atoms. The van der Waals surface area contributed by atoms with E-state index in [4.69, 9.17) is 0 Å². The fourth-order valence-electron chi connectivity index (χ4n) is 11.4. The molecular weight excluding hydrogens is 780 g/mol. The molecule has 4 heterocycles. The van der Waals surface area contributed by atoms with E-state index in [0.717, 1.165) is 17.1 Å². The Morgan fingerprint density at radius 1 is 0.365 bits per heavy atom. The van der Waals surface area contributed by atoms with Crippen LogP contribution in [0.3, 0.4) is 0 Å². The van der Waals surface area contributed by atoms with E-state index in [9.17, 15) is 0 Å². The molecule has 10 aromatic rings. The number of benzene rings is 9. The Bertz CT molecular complexity index is 3430. The second-order valence-electron chi connectivity index (χ2n) is 17.4.